The highest BCUT2D eigenvalue weighted by atomic mass is 35.5. The number of fused-ring (bicyclic) bond motifs is 1. The van der Waals surface area contributed by atoms with Crippen molar-refractivity contribution in [2.24, 2.45) is 5.92 Å². The van der Waals surface area contributed by atoms with Crippen LogP contribution in [0.3, 0.4) is 0 Å². The molecule has 2 N–H and O–H groups in total. The first-order valence-electron chi connectivity index (χ1n) is 15.6. The normalized spacial score (nSPS) is 16.9. The van der Waals surface area contributed by atoms with E-state index in [4.69, 9.17) is 11.6 Å². The van der Waals surface area contributed by atoms with E-state index in [0.29, 0.717) is 55.9 Å². The second-order valence-electron chi connectivity index (χ2n) is 12.2. The summed E-state index contributed by atoms with van der Waals surface area (Å²) in [5.41, 5.74) is 5.22. The largest absolute Gasteiger partial charge is 0.367 e. The van der Waals surface area contributed by atoms with Gasteiger partial charge in [-0.05, 0) is 52.1 Å². The molecule has 10 nitrogen and oxygen atoms in total. The molecule has 2 amide bonds. The number of carbonyl (C=O) groups excluding carboxylic acids is 2. The van der Waals surface area contributed by atoms with Crippen LogP contribution in [0.5, 0.6) is 0 Å². The number of para-hydroxylation sites is 1. The average molecular weight is 627 g/mol. The Balaban J connectivity index is 1.13. The summed E-state index contributed by atoms with van der Waals surface area (Å²) in [6.07, 6.45) is 0.652. The highest BCUT2D eigenvalue weighted by molar-refractivity contribution is 6.30. The number of nitrogens with one attached hydrogen (secondary N) is 2. The number of anilines is 1. The number of amides is 2. The Morgan fingerprint density at radius 2 is 1.71 bits per heavy atom. The summed E-state index contributed by atoms with van der Waals surface area (Å²) < 4.78 is 0. The molecule has 11 heteroatoms. The Bertz CT molecular complexity index is 1630. The van der Waals surface area contributed by atoms with Crippen molar-refractivity contribution in [2.45, 2.75) is 51.9 Å². The van der Waals surface area contributed by atoms with E-state index < -0.39 is 6.04 Å². The monoisotopic (exact) mass is 626 g/mol. The van der Waals surface area contributed by atoms with Gasteiger partial charge < -0.3 is 20.4 Å². The van der Waals surface area contributed by atoms with Crippen LogP contribution >= 0.6 is 11.6 Å². The summed E-state index contributed by atoms with van der Waals surface area (Å²) in [4.78, 5) is 33.1. The Hall–Kier alpha value is -4.28. The maximum atomic E-state index is 14.0. The Morgan fingerprint density at radius 1 is 0.978 bits per heavy atom. The van der Waals surface area contributed by atoms with Gasteiger partial charge in [-0.1, -0.05) is 74.0 Å². The molecule has 2 unspecified atom stereocenters. The van der Waals surface area contributed by atoms with Crippen LogP contribution in [0.1, 0.15) is 43.0 Å². The van der Waals surface area contributed by atoms with Crippen LogP contribution in [0, 0.1) is 5.92 Å². The molecule has 3 aromatic carbocycles. The smallest absolute Gasteiger partial charge is 0.245 e. The van der Waals surface area contributed by atoms with Gasteiger partial charge in [0.15, 0.2) is 0 Å². The number of nitrogens with zero attached hydrogens (tertiary/aromatic N) is 6. The van der Waals surface area contributed by atoms with E-state index in [-0.39, 0.29) is 24.3 Å². The zero-order chi connectivity index (χ0) is 31.3. The lowest BCUT2D eigenvalue weighted by atomic mass is 10.0. The number of tetrazole rings is 1. The number of hydrogen-bond acceptors (Lipinski definition) is 7. The van der Waals surface area contributed by atoms with Crippen LogP contribution in [0.4, 0.5) is 5.69 Å². The predicted octanol–water partition coefficient (Wildman–Crippen LogP) is 4.26. The topological polar surface area (TPSA) is 108 Å². The first kappa shape index (κ1) is 30.7. The van der Waals surface area contributed by atoms with E-state index in [9.17, 15) is 9.59 Å². The van der Waals surface area contributed by atoms with E-state index in [1.54, 1.807) is 4.80 Å². The van der Waals surface area contributed by atoms with Crippen molar-refractivity contribution in [2.75, 3.05) is 31.1 Å². The summed E-state index contributed by atoms with van der Waals surface area (Å²) in [6, 6.07) is 22.9. The number of carbonyl (C=O) groups is 2. The molecule has 45 heavy (non-hydrogen) atoms. The van der Waals surface area contributed by atoms with Gasteiger partial charge >= 0.3 is 0 Å². The summed E-state index contributed by atoms with van der Waals surface area (Å²) in [5.74, 6) is 0.776. The SMILES string of the molecule is CC(C)Cn1nnc(-c2ccccc2N2CCN(C(=O)C(Cc3ccc(Cl)cc3)NC(=O)CC3NCc4ccccc43)CC2)n1. The molecular formula is C34H39ClN8O2. The quantitative estimate of drug-likeness (QED) is 0.271. The van der Waals surface area contributed by atoms with Crippen molar-refractivity contribution >= 4 is 29.1 Å². The molecular weight excluding hydrogens is 588 g/mol. The van der Waals surface area contributed by atoms with E-state index in [1.165, 1.54) is 5.56 Å². The fourth-order valence-electron chi connectivity index (χ4n) is 6.14. The number of benzene rings is 3. The second-order valence-corrected chi connectivity index (χ2v) is 12.6. The van der Waals surface area contributed by atoms with Gasteiger partial charge in [0.2, 0.25) is 17.6 Å². The van der Waals surface area contributed by atoms with Crippen LogP contribution in [0.2, 0.25) is 5.02 Å². The van der Waals surface area contributed by atoms with E-state index in [1.807, 2.05) is 59.5 Å². The van der Waals surface area contributed by atoms with Gasteiger partial charge in [-0.2, -0.15) is 4.80 Å². The minimum absolute atomic E-state index is 0.0717. The van der Waals surface area contributed by atoms with E-state index in [0.717, 1.165) is 28.9 Å². The predicted molar refractivity (Wildman–Crippen MR) is 175 cm³/mol. The Kier molecular flexibility index (Phi) is 9.42. The third kappa shape index (κ3) is 7.34. The standard InChI is InChI=1S/C34H39ClN8O2/c1-23(2)22-43-39-33(38-40-43)28-9-5-6-10-31(28)41-15-17-42(18-16-41)34(45)30(19-24-11-13-26(35)14-12-24)37-32(44)20-29-27-8-4-3-7-25(27)21-36-29/h3-14,23,29-30,36H,15-22H2,1-2H3,(H,37,44). The van der Waals surface area contributed by atoms with Crippen molar-refractivity contribution in [3.8, 4) is 11.4 Å². The highest BCUT2D eigenvalue weighted by Crippen LogP contribution is 2.30. The van der Waals surface area contributed by atoms with Gasteiger partial charge in [0.25, 0.3) is 0 Å². The first-order valence-corrected chi connectivity index (χ1v) is 16.0. The van der Waals surface area contributed by atoms with E-state index >= 15 is 0 Å². The van der Waals surface area contributed by atoms with Crippen LogP contribution in [0.25, 0.3) is 11.4 Å². The Morgan fingerprint density at radius 3 is 2.49 bits per heavy atom. The molecule has 6 rings (SSSR count). The maximum absolute atomic E-state index is 14.0. The average Bonchev–Trinajstić information content (AvgIpc) is 3.68. The van der Waals surface area contributed by atoms with Crippen molar-refractivity contribution in [1.82, 2.24) is 35.7 Å². The molecule has 1 fully saturated rings. The zero-order valence-electron chi connectivity index (χ0n) is 25.7. The van der Waals surface area contributed by atoms with Crippen molar-refractivity contribution in [3.63, 3.8) is 0 Å². The number of halogens is 1. The summed E-state index contributed by atoms with van der Waals surface area (Å²) >= 11 is 6.12. The highest BCUT2D eigenvalue weighted by Gasteiger charge is 2.31. The van der Waals surface area contributed by atoms with Crippen LogP contribution in [0.15, 0.2) is 72.8 Å². The van der Waals surface area contributed by atoms with Gasteiger partial charge in [0.05, 0.1) is 6.54 Å². The summed E-state index contributed by atoms with van der Waals surface area (Å²) in [6.45, 7) is 8.04. The number of hydrogen-bond donors (Lipinski definition) is 2. The Labute approximate surface area is 268 Å². The van der Waals surface area contributed by atoms with Gasteiger partial charge in [-0.15, -0.1) is 10.2 Å². The van der Waals surface area contributed by atoms with Gasteiger partial charge in [0.1, 0.15) is 6.04 Å². The van der Waals surface area contributed by atoms with Gasteiger partial charge in [0, 0.05) is 67.9 Å². The van der Waals surface area contributed by atoms with Crippen LogP contribution in [-0.4, -0.2) is 69.1 Å². The molecule has 2 aliphatic heterocycles. The summed E-state index contributed by atoms with van der Waals surface area (Å²) in [7, 11) is 0. The molecule has 0 aliphatic carbocycles. The molecule has 0 saturated carbocycles. The first-order chi connectivity index (χ1) is 21.8. The minimum atomic E-state index is -0.686. The lowest BCUT2D eigenvalue weighted by molar-refractivity contribution is -0.136. The second kappa shape index (κ2) is 13.8. The molecule has 1 saturated heterocycles. The minimum Gasteiger partial charge on any atom is -0.367 e. The lowest BCUT2D eigenvalue weighted by Crippen LogP contribution is -2.55. The fourth-order valence-corrected chi connectivity index (χ4v) is 6.26. The zero-order valence-corrected chi connectivity index (χ0v) is 26.5. The molecule has 0 spiro atoms. The molecule has 2 atom stereocenters. The molecule has 0 radical (unpaired) electrons. The maximum Gasteiger partial charge on any atom is 0.245 e. The molecule has 0 bridgehead atoms. The van der Waals surface area contributed by atoms with Crippen molar-refractivity contribution in [3.05, 3.63) is 94.5 Å². The number of piperazine rings is 1. The number of rotatable bonds is 10. The third-order valence-corrected chi connectivity index (χ3v) is 8.66. The molecule has 1 aromatic heterocycles. The molecule has 2 aliphatic rings. The molecule has 234 valence electrons. The van der Waals surface area contributed by atoms with Crippen LogP contribution in [-0.2, 0) is 29.1 Å². The van der Waals surface area contributed by atoms with Crippen LogP contribution < -0.4 is 15.5 Å². The summed E-state index contributed by atoms with van der Waals surface area (Å²) in [5, 5.41) is 20.3. The van der Waals surface area contributed by atoms with Gasteiger partial charge in [-0.25, -0.2) is 0 Å². The number of aromatic nitrogens is 4. The molecule has 4 aromatic rings. The van der Waals surface area contributed by atoms with Crippen molar-refractivity contribution < 1.29 is 9.59 Å². The fraction of sp³-hybridized carbons (Fsp3) is 0.382. The van der Waals surface area contributed by atoms with E-state index in [2.05, 4.69) is 63.0 Å². The molecule has 3 heterocycles. The lowest BCUT2D eigenvalue weighted by Gasteiger charge is -2.38. The van der Waals surface area contributed by atoms with Crippen molar-refractivity contribution in [1.29, 1.82) is 0 Å². The van der Waals surface area contributed by atoms with Gasteiger partial charge in [-0.3, -0.25) is 9.59 Å². The third-order valence-electron chi connectivity index (χ3n) is 8.40.